The van der Waals surface area contributed by atoms with Crippen LogP contribution in [0.3, 0.4) is 0 Å². The SMILES string of the molecule is CCc1ccc(NC(=O)CSc2nnc(-c3ccc(C)cc3)c(-c3ccc(C)cc3)n2)cc1. The van der Waals surface area contributed by atoms with Crippen molar-refractivity contribution < 1.29 is 4.79 Å². The van der Waals surface area contributed by atoms with E-state index in [1.54, 1.807) is 0 Å². The van der Waals surface area contributed by atoms with Crippen LogP contribution in [0.25, 0.3) is 22.5 Å². The van der Waals surface area contributed by atoms with Crippen LogP contribution in [-0.4, -0.2) is 26.8 Å². The second kappa shape index (κ2) is 10.4. The lowest BCUT2D eigenvalue weighted by atomic mass is 10.0. The van der Waals surface area contributed by atoms with E-state index in [0.717, 1.165) is 34.6 Å². The second-order valence-electron chi connectivity index (χ2n) is 7.91. The number of amides is 1. The highest BCUT2D eigenvalue weighted by molar-refractivity contribution is 7.99. The Labute approximate surface area is 198 Å². The molecule has 4 aromatic rings. The summed E-state index contributed by atoms with van der Waals surface area (Å²) in [5.41, 5.74) is 7.78. The molecule has 0 saturated heterocycles. The van der Waals surface area contributed by atoms with Crippen molar-refractivity contribution in [2.75, 3.05) is 11.1 Å². The molecule has 0 saturated carbocycles. The first-order chi connectivity index (χ1) is 16.0. The summed E-state index contributed by atoms with van der Waals surface area (Å²) in [5, 5.41) is 12.2. The smallest absolute Gasteiger partial charge is 0.234 e. The van der Waals surface area contributed by atoms with Gasteiger partial charge in [0, 0.05) is 16.8 Å². The van der Waals surface area contributed by atoms with Gasteiger partial charge in [0.2, 0.25) is 11.1 Å². The standard InChI is InChI=1S/C27H26N4OS/c1-4-20-9-15-23(16-10-20)28-24(32)17-33-27-29-25(21-11-5-18(2)6-12-21)26(30-31-27)22-13-7-19(3)8-14-22/h5-16H,4,17H2,1-3H3,(H,28,32). The van der Waals surface area contributed by atoms with E-state index >= 15 is 0 Å². The number of carbonyl (C=O) groups excluding carboxylic acids is 1. The van der Waals surface area contributed by atoms with Crippen LogP contribution in [-0.2, 0) is 11.2 Å². The Morgan fingerprint density at radius 3 is 1.94 bits per heavy atom. The molecule has 1 N–H and O–H groups in total. The van der Waals surface area contributed by atoms with Gasteiger partial charge in [0.15, 0.2) is 0 Å². The van der Waals surface area contributed by atoms with Gasteiger partial charge in [0.1, 0.15) is 11.4 Å². The van der Waals surface area contributed by atoms with Crippen molar-refractivity contribution >= 4 is 23.4 Å². The number of aromatic nitrogens is 3. The quantitative estimate of drug-likeness (QED) is 0.341. The van der Waals surface area contributed by atoms with Crippen molar-refractivity contribution in [3.8, 4) is 22.5 Å². The lowest BCUT2D eigenvalue weighted by Crippen LogP contribution is -2.14. The average molecular weight is 455 g/mol. The van der Waals surface area contributed by atoms with Crippen LogP contribution in [0.5, 0.6) is 0 Å². The third kappa shape index (κ3) is 5.84. The average Bonchev–Trinajstić information content (AvgIpc) is 2.84. The zero-order valence-electron chi connectivity index (χ0n) is 19.0. The van der Waals surface area contributed by atoms with E-state index < -0.39 is 0 Å². The van der Waals surface area contributed by atoms with Gasteiger partial charge in [-0.15, -0.1) is 10.2 Å². The fourth-order valence-corrected chi connectivity index (χ4v) is 3.93. The number of aryl methyl sites for hydroxylation is 3. The van der Waals surface area contributed by atoms with E-state index in [1.807, 2.05) is 48.5 Å². The molecule has 0 fully saturated rings. The van der Waals surface area contributed by atoms with E-state index in [2.05, 4.69) is 60.6 Å². The fourth-order valence-electron chi connectivity index (χ4n) is 3.34. The van der Waals surface area contributed by atoms with Gasteiger partial charge < -0.3 is 5.32 Å². The minimum atomic E-state index is -0.104. The summed E-state index contributed by atoms with van der Waals surface area (Å²) in [4.78, 5) is 17.2. The number of hydrogen-bond acceptors (Lipinski definition) is 5. The number of anilines is 1. The van der Waals surface area contributed by atoms with Gasteiger partial charge in [0.05, 0.1) is 5.75 Å². The molecule has 1 amide bonds. The molecule has 1 aromatic heterocycles. The van der Waals surface area contributed by atoms with Gasteiger partial charge in [-0.05, 0) is 38.0 Å². The maximum atomic E-state index is 12.4. The molecule has 0 radical (unpaired) electrons. The van der Waals surface area contributed by atoms with Crippen molar-refractivity contribution in [3.63, 3.8) is 0 Å². The molecule has 3 aromatic carbocycles. The molecule has 1 heterocycles. The summed E-state index contributed by atoms with van der Waals surface area (Å²) in [7, 11) is 0. The highest BCUT2D eigenvalue weighted by Gasteiger charge is 2.15. The van der Waals surface area contributed by atoms with Crippen molar-refractivity contribution in [1.29, 1.82) is 0 Å². The molecule has 0 spiro atoms. The molecular weight excluding hydrogens is 428 g/mol. The Bertz CT molecular complexity index is 1240. The molecule has 0 bridgehead atoms. The molecular formula is C27H26N4OS. The molecule has 33 heavy (non-hydrogen) atoms. The lowest BCUT2D eigenvalue weighted by molar-refractivity contribution is -0.113. The molecule has 6 heteroatoms. The van der Waals surface area contributed by atoms with Crippen LogP contribution in [0.2, 0.25) is 0 Å². The van der Waals surface area contributed by atoms with Gasteiger partial charge in [0.25, 0.3) is 0 Å². The Hall–Kier alpha value is -3.51. The molecule has 0 aliphatic carbocycles. The molecule has 0 atom stereocenters. The number of rotatable bonds is 7. The molecule has 0 aliphatic heterocycles. The van der Waals surface area contributed by atoms with Gasteiger partial charge in [-0.1, -0.05) is 90.5 Å². The summed E-state index contributed by atoms with van der Waals surface area (Å²) in [6.45, 7) is 6.21. The third-order valence-corrected chi connectivity index (χ3v) is 6.13. The number of nitrogens with zero attached hydrogens (tertiary/aromatic N) is 3. The maximum Gasteiger partial charge on any atom is 0.234 e. The zero-order valence-corrected chi connectivity index (χ0v) is 19.8. The topological polar surface area (TPSA) is 67.8 Å². The van der Waals surface area contributed by atoms with Crippen molar-refractivity contribution in [1.82, 2.24) is 15.2 Å². The zero-order chi connectivity index (χ0) is 23.2. The summed E-state index contributed by atoms with van der Waals surface area (Å²) >= 11 is 1.28. The number of benzene rings is 3. The van der Waals surface area contributed by atoms with E-state index in [0.29, 0.717) is 5.16 Å². The van der Waals surface area contributed by atoms with Gasteiger partial charge in [-0.2, -0.15) is 0 Å². The van der Waals surface area contributed by atoms with Crippen LogP contribution < -0.4 is 5.32 Å². The predicted molar refractivity (Wildman–Crippen MR) is 135 cm³/mol. The largest absolute Gasteiger partial charge is 0.325 e. The first kappa shape index (κ1) is 22.7. The molecule has 4 rings (SSSR count). The summed E-state index contributed by atoms with van der Waals surface area (Å²) in [6.07, 6.45) is 0.969. The van der Waals surface area contributed by atoms with Gasteiger partial charge >= 0.3 is 0 Å². The van der Waals surface area contributed by atoms with Crippen LogP contribution in [0.15, 0.2) is 78.0 Å². The van der Waals surface area contributed by atoms with Crippen LogP contribution in [0.1, 0.15) is 23.6 Å². The second-order valence-corrected chi connectivity index (χ2v) is 8.85. The minimum absolute atomic E-state index is 0.104. The number of hydrogen-bond donors (Lipinski definition) is 1. The van der Waals surface area contributed by atoms with Crippen molar-refractivity contribution in [3.05, 3.63) is 89.5 Å². The molecule has 166 valence electrons. The third-order valence-electron chi connectivity index (χ3n) is 5.30. The lowest BCUT2D eigenvalue weighted by Gasteiger charge is -2.10. The fraction of sp³-hybridized carbons (Fsp3) is 0.185. The van der Waals surface area contributed by atoms with Crippen molar-refractivity contribution in [2.45, 2.75) is 32.3 Å². The Morgan fingerprint density at radius 1 is 0.788 bits per heavy atom. The maximum absolute atomic E-state index is 12.4. The normalized spacial score (nSPS) is 10.8. The monoisotopic (exact) mass is 454 g/mol. The van der Waals surface area contributed by atoms with Crippen LogP contribution in [0.4, 0.5) is 5.69 Å². The number of thioether (sulfide) groups is 1. The summed E-state index contributed by atoms with van der Waals surface area (Å²) < 4.78 is 0. The molecule has 0 aliphatic rings. The van der Waals surface area contributed by atoms with Crippen LogP contribution >= 0.6 is 11.8 Å². The first-order valence-corrected chi connectivity index (χ1v) is 11.9. The van der Waals surface area contributed by atoms with E-state index in [4.69, 9.17) is 4.98 Å². The Morgan fingerprint density at radius 2 is 1.36 bits per heavy atom. The van der Waals surface area contributed by atoms with Crippen LogP contribution in [0, 0.1) is 13.8 Å². The van der Waals surface area contributed by atoms with Gasteiger partial charge in [-0.3, -0.25) is 4.79 Å². The van der Waals surface area contributed by atoms with E-state index in [9.17, 15) is 4.79 Å². The number of carbonyl (C=O) groups is 1. The summed E-state index contributed by atoms with van der Waals surface area (Å²) in [6, 6.07) is 24.2. The Kier molecular flexibility index (Phi) is 7.15. The van der Waals surface area contributed by atoms with Crippen molar-refractivity contribution in [2.24, 2.45) is 0 Å². The van der Waals surface area contributed by atoms with E-state index in [-0.39, 0.29) is 11.7 Å². The van der Waals surface area contributed by atoms with Gasteiger partial charge in [-0.25, -0.2) is 4.98 Å². The highest BCUT2D eigenvalue weighted by atomic mass is 32.2. The van der Waals surface area contributed by atoms with E-state index in [1.165, 1.54) is 28.5 Å². The Balaban J connectivity index is 1.54. The highest BCUT2D eigenvalue weighted by Crippen LogP contribution is 2.30. The molecule has 0 unspecified atom stereocenters. The number of nitrogens with one attached hydrogen (secondary N) is 1. The summed E-state index contributed by atoms with van der Waals surface area (Å²) in [5.74, 6) is 0.0985. The predicted octanol–water partition coefficient (Wildman–Crippen LogP) is 6.12. The minimum Gasteiger partial charge on any atom is -0.325 e. The molecule has 5 nitrogen and oxygen atoms in total. The first-order valence-electron chi connectivity index (χ1n) is 10.9.